The first-order valence-corrected chi connectivity index (χ1v) is 4.11. The Morgan fingerprint density at radius 1 is 1.46 bits per heavy atom. The highest BCUT2D eigenvalue weighted by Crippen LogP contribution is 2.18. The third-order valence-corrected chi connectivity index (χ3v) is 1.83. The standard InChI is InChI=1S/C12H12O/c1-3-10(2)9-12(13)11-7-5-4-6-8-11/h1,4-8,12-13H,2,9H2. The molecule has 1 aromatic carbocycles. The van der Waals surface area contributed by atoms with Crippen molar-refractivity contribution in [2.75, 3.05) is 0 Å². The number of aliphatic hydroxyl groups is 1. The number of benzene rings is 1. The van der Waals surface area contributed by atoms with Crippen molar-refractivity contribution in [2.24, 2.45) is 0 Å². The molecule has 13 heavy (non-hydrogen) atoms. The van der Waals surface area contributed by atoms with Crippen molar-refractivity contribution < 1.29 is 5.11 Å². The van der Waals surface area contributed by atoms with Crippen molar-refractivity contribution >= 4 is 0 Å². The zero-order valence-corrected chi connectivity index (χ0v) is 7.40. The van der Waals surface area contributed by atoms with Gasteiger partial charge in [-0.15, -0.1) is 6.42 Å². The summed E-state index contributed by atoms with van der Waals surface area (Å²) in [6, 6.07) is 9.42. The highest BCUT2D eigenvalue weighted by atomic mass is 16.3. The van der Waals surface area contributed by atoms with E-state index in [1.807, 2.05) is 30.3 Å². The summed E-state index contributed by atoms with van der Waals surface area (Å²) in [5.41, 5.74) is 1.50. The van der Waals surface area contributed by atoms with Crippen LogP contribution in [0.15, 0.2) is 42.5 Å². The van der Waals surface area contributed by atoms with Gasteiger partial charge in [-0.3, -0.25) is 0 Å². The van der Waals surface area contributed by atoms with Crippen LogP contribution >= 0.6 is 0 Å². The molecule has 0 heterocycles. The maximum absolute atomic E-state index is 9.67. The second kappa shape index (κ2) is 4.49. The summed E-state index contributed by atoms with van der Waals surface area (Å²) >= 11 is 0. The molecular weight excluding hydrogens is 160 g/mol. The molecule has 1 aromatic rings. The zero-order valence-electron chi connectivity index (χ0n) is 7.40. The highest BCUT2D eigenvalue weighted by molar-refractivity contribution is 5.25. The van der Waals surface area contributed by atoms with Crippen molar-refractivity contribution in [3.05, 3.63) is 48.0 Å². The molecule has 66 valence electrons. The summed E-state index contributed by atoms with van der Waals surface area (Å²) in [4.78, 5) is 0. The van der Waals surface area contributed by atoms with Gasteiger partial charge in [-0.2, -0.15) is 0 Å². The molecule has 0 bridgehead atoms. The summed E-state index contributed by atoms with van der Waals surface area (Å²) in [7, 11) is 0. The van der Waals surface area contributed by atoms with Gasteiger partial charge in [-0.05, 0) is 11.1 Å². The Bertz CT molecular complexity index is 319. The number of rotatable bonds is 3. The molecule has 0 fully saturated rings. The van der Waals surface area contributed by atoms with Crippen LogP contribution in [0.3, 0.4) is 0 Å². The van der Waals surface area contributed by atoms with Gasteiger partial charge in [0, 0.05) is 6.42 Å². The molecule has 0 aliphatic carbocycles. The Hall–Kier alpha value is -1.52. The molecule has 1 atom stereocenters. The van der Waals surface area contributed by atoms with E-state index in [2.05, 4.69) is 12.5 Å². The van der Waals surface area contributed by atoms with Gasteiger partial charge in [0.25, 0.3) is 0 Å². The van der Waals surface area contributed by atoms with E-state index >= 15 is 0 Å². The van der Waals surface area contributed by atoms with Crippen LogP contribution in [0.4, 0.5) is 0 Å². The topological polar surface area (TPSA) is 20.2 Å². The lowest BCUT2D eigenvalue weighted by atomic mass is 10.0. The molecule has 1 N–H and O–H groups in total. The lowest BCUT2D eigenvalue weighted by Crippen LogP contribution is -1.97. The first-order valence-electron chi connectivity index (χ1n) is 4.11. The largest absolute Gasteiger partial charge is 0.388 e. The second-order valence-electron chi connectivity index (χ2n) is 2.88. The average molecular weight is 172 g/mol. The molecule has 1 nitrogen and oxygen atoms in total. The van der Waals surface area contributed by atoms with Crippen LogP contribution in [0, 0.1) is 12.3 Å². The van der Waals surface area contributed by atoms with Gasteiger partial charge in [-0.25, -0.2) is 0 Å². The van der Waals surface area contributed by atoms with Crippen molar-refractivity contribution in [3.63, 3.8) is 0 Å². The van der Waals surface area contributed by atoms with Crippen LogP contribution in [-0.2, 0) is 0 Å². The molecule has 0 aromatic heterocycles. The van der Waals surface area contributed by atoms with E-state index in [4.69, 9.17) is 6.42 Å². The van der Waals surface area contributed by atoms with Crippen LogP contribution in [0.5, 0.6) is 0 Å². The fraction of sp³-hybridized carbons (Fsp3) is 0.167. The van der Waals surface area contributed by atoms with E-state index in [-0.39, 0.29) is 0 Å². The molecule has 1 rings (SSSR count). The quantitative estimate of drug-likeness (QED) is 0.693. The Morgan fingerprint density at radius 3 is 2.62 bits per heavy atom. The highest BCUT2D eigenvalue weighted by Gasteiger charge is 2.06. The Balaban J connectivity index is 2.65. The van der Waals surface area contributed by atoms with Crippen molar-refractivity contribution in [1.82, 2.24) is 0 Å². The van der Waals surface area contributed by atoms with Crippen molar-refractivity contribution in [2.45, 2.75) is 12.5 Å². The average Bonchev–Trinajstić information content (AvgIpc) is 2.19. The third kappa shape index (κ3) is 2.77. The molecular formula is C12H12O. The summed E-state index contributed by atoms with van der Waals surface area (Å²) < 4.78 is 0. The van der Waals surface area contributed by atoms with E-state index in [1.165, 1.54) is 0 Å². The Morgan fingerprint density at radius 2 is 2.08 bits per heavy atom. The minimum atomic E-state index is -0.537. The molecule has 1 heteroatoms. The van der Waals surface area contributed by atoms with Crippen molar-refractivity contribution in [3.8, 4) is 12.3 Å². The van der Waals surface area contributed by atoms with Gasteiger partial charge < -0.3 is 5.11 Å². The van der Waals surface area contributed by atoms with Crippen LogP contribution in [-0.4, -0.2) is 5.11 Å². The third-order valence-electron chi connectivity index (χ3n) is 1.83. The van der Waals surface area contributed by atoms with Gasteiger partial charge >= 0.3 is 0 Å². The van der Waals surface area contributed by atoms with E-state index in [1.54, 1.807) is 0 Å². The summed E-state index contributed by atoms with van der Waals surface area (Å²) in [5.74, 6) is 2.41. The molecule has 0 aliphatic rings. The smallest absolute Gasteiger partial charge is 0.0836 e. The summed E-state index contributed by atoms with van der Waals surface area (Å²) in [5, 5.41) is 9.67. The van der Waals surface area contributed by atoms with Crippen LogP contribution in [0.25, 0.3) is 0 Å². The van der Waals surface area contributed by atoms with Crippen LogP contribution in [0.2, 0.25) is 0 Å². The van der Waals surface area contributed by atoms with Crippen LogP contribution < -0.4 is 0 Å². The predicted octanol–water partition coefficient (Wildman–Crippen LogP) is 2.30. The maximum Gasteiger partial charge on any atom is 0.0836 e. The molecule has 0 radical (unpaired) electrons. The van der Waals surface area contributed by atoms with Gasteiger partial charge in [0.05, 0.1) is 6.10 Å². The number of terminal acetylenes is 1. The van der Waals surface area contributed by atoms with Crippen molar-refractivity contribution in [1.29, 1.82) is 0 Å². The Labute approximate surface area is 78.7 Å². The lowest BCUT2D eigenvalue weighted by molar-refractivity contribution is 0.179. The van der Waals surface area contributed by atoms with E-state index < -0.39 is 6.10 Å². The molecule has 0 aliphatic heterocycles. The summed E-state index contributed by atoms with van der Waals surface area (Å²) in [6.45, 7) is 3.64. The molecule has 0 saturated heterocycles. The fourth-order valence-electron chi connectivity index (χ4n) is 1.09. The van der Waals surface area contributed by atoms with Gasteiger partial charge in [0.15, 0.2) is 0 Å². The number of hydrogen-bond acceptors (Lipinski definition) is 1. The van der Waals surface area contributed by atoms with E-state index in [0.29, 0.717) is 12.0 Å². The number of hydrogen-bond donors (Lipinski definition) is 1. The zero-order chi connectivity index (χ0) is 9.68. The minimum Gasteiger partial charge on any atom is -0.388 e. The van der Waals surface area contributed by atoms with Gasteiger partial charge in [-0.1, -0.05) is 42.8 Å². The monoisotopic (exact) mass is 172 g/mol. The molecule has 0 saturated carbocycles. The minimum absolute atomic E-state index is 0.431. The Kier molecular flexibility index (Phi) is 3.31. The summed E-state index contributed by atoms with van der Waals surface area (Å²) in [6.07, 6.45) is 5.03. The van der Waals surface area contributed by atoms with E-state index in [9.17, 15) is 5.11 Å². The number of aliphatic hydroxyl groups excluding tert-OH is 1. The second-order valence-corrected chi connectivity index (χ2v) is 2.88. The van der Waals surface area contributed by atoms with Gasteiger partial charge in [0.1, 0.15) is 0 Å². The maximum atomic E-state index is 9.67. The SMILES string of the molecule is C#CC(=C)CC(O)c1ccccc1. The predicted molar refractivity (Wildman–Crippen MR) is 54.0 cm³/mol. The van der Waals surface area contributed by atoms with E-state index in [0.717, 1.165) is 5.56 Å². The van der Waals surface area contributed by atoms with Gasteiger partial charge in [0.2, 0.25) is 0 Å². The molecule has 1 unspecified atom stereocenters. The molecule has 0 amide bonds. The lowest BCUT2D eigenvalue weighted by Gasteiger charge is -2.09. The first kappa shape index (κ1) is 9.57. The first-order chi connectivity index (χ1) is 6.24. The normalized spacial score (nSPS) is 11.7. The molecule has 0 spiro atoms. The van der Waals surface area contributed by atoms with Crippen LogP contribution in [0.1, 0.15) is 18.1 Å². The fourth-order valence-corrected chi connectivity index (χ4v) is 1.09.